The van der Waals surface area contributed by atoms with E-state index in [-0.39, 0.29) is 21.9 Å². The van der Waals surface area contributed by atoms with E-state index in [0.29, 0.717) is 11.6 Å². The molecule has 0 bridgehead atoms. The first-order valence-electron chi connectivity index (χ1n) is 6.99. The number of carbonyl (C=O) groups excluding carboxylic acids is 1. The van der Waals surface area contributed by atoms with Gasteiger partial charge in [0.15, 0.2) is 0 Å². The van der Waals surface area contributed by atoms with Gasteiger partial charge in [-0.05, 0) is 46.3 Å². The molecule has 0 atom stereocenters. The zero-order valence-corrected chi connectivity index (χ0v) is 15.7. The molecule has 1 amide bonds. The lowest BCUT2D eigenvalue weighted by Gasteiger charge is -2.04. The van der Waals surface area contributed by atoms with Gasteiger partial charge in [0, 0.05) is 10.2 Å². The SMILES string of the molecule is O=C(CSc1nnc(-c2ccccc2Br)o1)Nc1ccc(F)c(Cl)c1. The van der Waals surface area contributed by atoms with Crippen LogP contribution < -0.4 is 5.32 Å². The fourth-order valence-electron chi connectivity index (χ4n) is 1.91. The maximum absolute atomic E-state index is 13.1. The minimum atomic E-state index is -0.542. The molecule has 0 unspecified atom stereocenters. The van der Waals surface area contributed by atoms with Crippen molar-refractivity contribution in [2.75, 3.05) is 11.1 Å². The van der Waals surface area contributed by atoms with Crippen LogP contribution in [0, 0.1) is 5.82 Å². The normalized spacial score (nSPS) is 10.7. The van der Waals surface area contributed by atoms with Crippen molar-refractivity contribution in [1.82, 2.24) is 10.2 Å². The Kier molecular flexibility index (Phi) is 5.72. The van der Waals surface area contributed by atoms with Gasteiger partial charge in [-0.25, -0.2) is 4.39 Å². The van der Waals surface area contributed by atoms with Crippen LogP contribution in [0.2, 0.25) is 5.02 Å². The summed E-state index contributed by atoms with van der Waals surface area (Å²) in [6, 6.07) is 11.4. The van der Waals surface area contributed by atoms with Crippen molar-refractivity contribution in [3.05, 3.63) is 57.8 Å². The summed E-state index contributed by atoms with van der Waals surface area (Å²) in [6.45, 7) is 0. The van der Waals surface area contributed by atoms with E-state index >= 15 is 0 Å². The Hall–Kier alpha value is -1.90. The number of carbonyl (C=O) groups is 1. The summed E-state index contributed by atoms with van der Waals surface area (Å²) in [4.78, 5) is 11.9. The molecule has 0 radical (unpaired) electrons. The summed E-state index contributed by atoms with van der Waals surface area (Å²) in [5.41, 5.74) is 1.18. The maximum Gasteiger partial charge on any atom is 0.277 e. The second kappa shape index (κ2) is 7.99. The quantitative estimate of drug-likeness (QED) is 0.562. The highest BCUT2D eigenvalue weighted by molar-refractivity contribution is 9.10. The second-order valence-electron chi connectivity index (χ2n) is 4.82. The Morgan fingerprint density at radius 1 is 1.28 bits per heavy atom. The van der Waals surface area contributed by atoms with Crippen molar-refractivity contribution in [3.8, 4) is 11.5 Å². The van der Waals surface area contributed by atoms with E-state index in [1.165, 1.54) is 18.2 Å². The fourth-order valence-corrected chi connectivity index (χ4v) is 3.11. The molecule has 3 aromatic rings. The van der Waals surface area contributed by atoms with Gasteiger partial charge in [0.25, 0.3) is 5.22 Å². The average Bonchev–Trinajstić information content (AvgIpc) is 3.05. The molecule has 0 fully saturated rings. The number of nitrogens with zero attached hydrogens (tertiary/aromatic N) is 2. The van der Waals surface area contributed by atoms with Crippen LogP contribution in [0.3, 0.4) is 0 Å². The summed E-state index contributed by atoms with van der Waals surface area (Å²) < 4.78 is 19.5. The van der Waals surface area contributed by atoms with Crippen LogP contribution >= 0.6 is 39.3 Å². The minimum absolute atomic E-state index is 0.0552. The molecule has 5 nitrogen and oxygen atoms in total. The third kappa shape index (κ3) is 4.59. The third-order valence-electron chi connectivity index (χ3n) is 3.04. The highest BCUT2D eigenvalue weighted by Gasteiger charge is 2.13. The first-order chi connectivity index (χ1) is 12.0. The smallest absolute Gasteiger partial charge is 0.277 e. The van der Waals surface area contributed by atoms with Gasteiger partial charge in [-0.1, -0.05) is 35.5 Å². The maximum atomic E-state index is 13.1. The first-order valence-corrected chi connectivity index (χ1v) is 9.14. The topological polar surface area (TPSA) is 68.0 Å². The number of nitrogens with one attached hydrogen (secondary N) is 1. The van der Waals surface area contributed by atoms with Crippen LogP contribution in [0.5, 0.6) is 0 Å². The molecule has 0 aliphatic rings. The van der Waals surface area contributed by atoms with Crippen LogP contribution in [0.25, 0.3) is 11.5 Å². The number of aromatic nitrogens is 2. The predicted molar refractivity (Wildman–Crippen MR) is 98.2 cm³/mol. The number of halogens is 3. The van der Waals surface area contributed by atoms with Gasteiger partial charge in [-0.2, -0.15) is 0 Å². The Bertz CT molecular complexity index is 922. The number of rotatable bonds is 5. The number of amides is 1. The summed E-state index contributed by atoms with van der Waals surface area (Å²) in [5.74, 6) is -0.416. The lowest BCUT2D eigenvalue weighted by atomic mass is 10.2. The third-order valence-corrected chi connectivity index (χ3v) is 4.84. The Labute approximate surface area is 160 Å². The molecule has 0 spiro atoms. The summed E-state index contributed by atoms with van der Waals surface area (Å²) in [6.07, 6.45) is 0. The number of hydrogen-bond acceptors (Lipinski definition) is 5. The van der Waals surface area contributed by atoms with Crippen molar-refractivity contribution in [2.24, 2.45) is 0 Å². The molecule has 0 saturated heterocycles. The Balaban J connectivity index is 1.59. The molecular weight excluding hydrogens is 433 g/mol. The van der Waals surface area contributed by atoms with Crippen molar-refractivity contribution in [2.45, 2.75) is 5.22 Å². The van der Waals surface area contributed by atoms with Crippen molar-refractivity contribution in [1.29, 1.82) is 0 Å². The van der Waals surface area contributed by atoms with E-state index in [1.54, 1.807) is 0 Å². The molecule has 25 heavy (non-hydrogen) atoms. The van der Waals surface area contributed by atoms with E-state index in [2.05, 4.69) is 31.4 Å². The average molecular weight is 443 g/mol. The fraction of sp³-hybridized carbons (Fsp3) is 0.0625. The summed E-state index contributed by atoms with van der Waals surface area (Å²) >= 11 is 10.2. The van der Waals surface area contributed by atoms with Gasteiger partial charge >= 0.3 is 0 Å². The lowest BCUT2D eigenvalue weighted by molar-refractivity contribution is -0.113. The summed E-state index contributed by atoms with van der Waals surface area (Å²) in [5, 5.41) is 10.7. The van der Waals surface area contributed by atoms with E-state index < -0.39 is 5.82 Å². The largest absolute Gasteiger partial charge is 0.411 e. The van der Waals surface area contributed by atoms with Gasteiger partial charge in [-0.3, -0.25) is 4.79 Å². The molecular formula is C16H10BrClFN3O2S. The second-order valence-corrected chi connectivity index (χ2v) is 7.01. The minimum Gasteiger partial charge on any atom is -0.411 e. The molecule has 0 aliphatic carbocycles. The van der Waals surface area contributed by atoms with E-state index in [1.807, 2.05) is 24.3 Å². The molecule has 0 aliphatic heterocycles. The van der Waals surface area contributed by atoms with E-state index in [0.717, 1.165) is 21.8 Å². The standard InChI is InChI=1S/C16H10BrClFN3O2S/c17-11-4-2-1-3-10(11)15-21-22-16(24-15)25-8-14(23)20-9-5-6-13(19)12(18)7-9/h1-7H,8H2,(H,20,23). The van der Waals surface area contributed by atoms with Crippen LogP contribution in [-0.2, 0) is 4.79 Å². The number of thioether (sulfide) groups is 1. The number of hydrogen-bond donors (Lipinski definition) is 1. The predicted octanol–water partition coefficient (Wildman–Crippen LogP) is 5.02. The molecule has 1 N–H and O–H groups in total. The molecule has 1 aromatic heterocycles. The van der Waals surface area contributed by atoms with Crippen LogP contribution in [0.1, 0.15) is 0 Å². The summed E-state index contributed by atoms with van der Waals surface area (Å²) in [7, 11) is 0. The highest BCUT2D eigenvalue weighted by Crippen LogP contribution is 2.29. The zero-order chi connectivity index (χ0) is 17.8. The van der Waals surface area contributed by atoms with Gasteiger partial charge in [0.05, 0.1) is 16.3 Å². The van der Waals surface area contributed by atoms with Crippen molar-refractivity contribution in [3.63, 3.8) is 0 Å². The van der Waals surface area contributed by atoms with Crippen LogP contribution in [-0.4, -0.2) is 21.9 Å². The van der Waals surface area contributed by atoms with Crippen LogP contribution in [0.4, 0.5) is 10.1 Å². The molecule has 9 heteroatoms. The molecule has 0 saturated carbocycles. The van der Waals surface area contributed by atoms with Gasteiger partial charge in [-0.15, -0.1) is 10.2 Å². The van der Waals surface area contributed by atoms with Crippen molar-refractivity contribution >= 4 is 50.9 Å². The molecule has 3 rings (SSSR count). The first kappa shape index (κ1) is 17.9. The number of anilines is 1. The van der Waals surface area contributed by atoms with Gasteiger partial charge < -0.3 is 9.73 Å². The van der Waals surface area contributed by atoms with Gasteiger partial charge in [0.2, 0.25) is 11.8 Å². The number of benzene rings is 2. The monoisotopic (exact) mass is 441 g/mol. The van der Waals surface area contributed by atoms with Crippen molar-refractivity contribution < 1.29 is 13.6 Å². The van der Waals surface area contributed by atoms with Crippen LogP contribution in [0.15, 0.2) is 56.6 Å². The van der Waals surface area contributed by atoms with E-state index in [9.17, 15) is 9.18 Å². The lowest BCUT2D eigenvalue weighted by Crippen LogP contribution is -2.14. The molecule has 2 aromatic carbocycles. The van der Waals surface area contributed by atoms with E-state index in [4.69, 9.17) is 16.0 Å². The molecule has 1 heterocycles. The Morgan fingerprint density at radius 2 is 2.08 bits per heavy atom. The molecule has 128 valence electrons. The highest BCUT2D eigenvalue weighted by atomic mass is 79.9. The zero-order valence-electron chi connectivity index (χ0n) is 12.5. The van der Waals surface area contributed by atoms with Gasteiger partial charge in [0.1, 0.15) is 5.82 Å². The Morgan fingerprint density at radius 3 is 2.84 bits per heavy atom.